The largest absolute Gasteiger partial charge is 0.296 e. The van der Waals surface area contributed by atoms with E-state index >= 15 is 0 Å². The molecule has 1 aliphatic carbocycles. The van der Waals surface area contributed by atoms with Crippen molar-refractivity contribution < 1.29 is 0 Å². The van der Waals surface area contributed by atoms with Crippen molar-refractivity contribution in [1.29, 1.82) is 5.26 Å². The van der Waals surface area contributed by atoms with E-state index in [-0.39, 0.29) is 0 Å². The summed E-state index contributed by atoms with van der Waals surface area (Å²) in [6.07, 6.45) is 8.38. The van der Waals surface area contributed by atoms with Crippen LogP contribution in [-0.4, -0.2) is 22.5 Å². The number of nitrogens with zero attached hydrogens (tertiary/aromatic N) is 3. The molecule has 108 valence electrons. The second-order valence-electron chi connectivity index (χ2n) is 6.25. The van der Waals surface area contributed by atoms with Gasteiger partial charge in [0.25, 0.3) is 0 Å². The molecule has 20 heavy (non-hydrogen) atoms. The minimum atomic E-state index is 0.526. The summed E-state index contributed by atoms with van der Waals surface area (Å²) in [5.41, 5.74) is 1.74. The van der Waals surface area contributed by atoms with Gasteiger partial charge in [0.1, 0.15) is 11.8 Å². The molecule has 1 saturated carbocycles. The summed E-state index contributed by atoms with van der Waals surface area (Å²) < 4.78 is 0. The lowest BCUT2D eigenvalue weighted by Gasteiger charge is -2.29. The van der Waals surface area contributed by atoms with Gasteiger partial charge in [0.15, 0.2) is 0 Å². The second kappa shape index (κ2) is 7.40. The van der Waals surface area contributed by atoms with Gasteiger partial charge in [-0.15, -0.1) is 0 Å². The van der Waals surface area contributed by atoms with Gasteiger partial charge in [0, 0.05) is 18.8 Å². The topological polar surface area (TPSA) is 39.9 Å². The standard InChI is InChI=1S/C17H25N3/c1-14(2)8-10-20(17-5-3-4-6-17)13-15-7-9-19-16(11-15)12-18/h7,9,11,14,17H,3-6,8,10,13H2,1-2H3. The number of rotatable bonds is 6. The van der Waals surface area contributed by atoms with Gasteiger partial charge in [-0.1, -0.05) is 26.7 Å². The van der Waals surface area contributed by atoms with Gasteiger partial charge in [-0.05, 0) is 49.4 Å². The number of hydrogen-bond donors (Lipinski definition) is 0. The first-order chi connectivity index (χ1) is 9.69. The van der Waals surface area contributed by atoms with Crippen LogP contribution in [0.5, 0.6) is 0 Å². The molecule has 3 nitrogen and oxygen atoms in total. The van der Waals surface area contributed by atoms with E-state index in [1.54, 1.807) is 6.20 Å². The van der Waals surface area contributed by atoms with Crippen LogP contribution in [0, 0.1) is 17.2 Å². The maximum atomic E-state index is 8.96. The van der Waals surface area contributed by atoms with Crippen molar-refractivity contribution in [2.45, 2.75) is 58.5 Å². The smallest absolute Gasteiger partial charge is 0.140 e. The number of pyridine rings is 1. The van der Waals surface area contributed by atoms with E-state index in [0.29, 0.717) is 5.69 Å². The summed E-state index contributed by atoms with van der Waals surface area (Å²) >= 11 is 0. The van der Waals surface area contributed by atoms with E-state index in [4.69, 9.17) is 5.26 Å². The molecule has 0 N–H and O–H groups in total. The average molecular weight is 271 g/mol. The van der Waals surface area contributed by atoms with E-state index < -0.39 is 0 Å². The third-order valence-corrected chi connectivity index (χ3v) is 4.16. The Morgan fingerprint density at radius 1 is 1.40 bits per heavy atom. The Labute approximate surface area is 122 Å². The summed E-state index contributed by atoms with van der Waals surface area (Å²) in [5, 5.41) is 8.96. The highest BCUT2D eigenvalue weighted by molar-refractivity contribution is 5.25. The number of hydrogen-bond acceptors (Lipinski definition) is 3. The van der Waals surface area contributed by atoms with Crippen molar-refractivity contribution in [2.75, 3.05) is 6.54 Å². The third-order valence-electron chi connectivity index (χ3n) is 4.16. The van der Waals surface area contributed by atoms with Crippen molar-refractivity contribution in [3.05, 3.63) is 29.6 Å². The molecule has 0 aromatic carbocycles. The summed E-state index contributed by atoms with van der Waals surface area (Å²) in [5.74, 6) is 0.742. The molecular formula is C17H25N3. The van der Waals surface area contributed by atoms with E-state index in [2.05, 4.69) is 29.8 Å². The van der Waals surface area contributed by atoms with Crippen LogP contribution >= 0.6 is 0 Å². The quantitative estimate of drug-likeness (QED) is 0.791. The van der Waals surface area contributed by atoms with Crippen LogP contribution in [0.1, 0.15) is 57.2 Å². The van der Waals surface area contributed by atoms with Gasteiger partial charge in [0.2, 0.25) is 0 Å². The molecule has 0 spiro atoms. The molecule has 0 saturated heterocycles. The fourth-order valence-electron chi connectivity index (χ4n) is 2.95. The Balaban J connectivity index is 2.03. The fourth-order valence-corrected chi connectivity index (χ4v) is 2.95. The van der Waals surface area contributed by atoms with Gasteiger partial charge in [-0.25, -0.2) is 4.98 Å². The average Bonchev–Trinajstić information content (AvgIpc) is 2.97. The highest BCUT2D eigenvalue weighted by Crippen LogP contribution is 2.25. The lowest BCUT2D eigenvalue weighted by Crippen LogP contribution is -2.34. The Morgan fingerprint density at radius 3 is 2.80 bits per heavy atom. The molecule has 0 aliphatic heterocycles. The highest BCUT2D eigenvalue weighted by atomic mass is 15.2. The van der Waals surface area contributed by atoms with Crippen LogP contribution in [-0.2, 0) is 6.54 Å². The van der Waals surface area contributed by atoms with E-state index in [0.717, 1.165) is 25.0 Å². The van der Waals surface area contributed by atoms with Crippen molar-refractivity contribution in [1.82, 2.24) is 9.88 Å². The maximum absolute atomic E-state index is 8.96. The van der Waals surface area contributed by atoms with E-state index in [1.807, 2.05) is 12.1 Å². The van der Waals surface area contributed by atoms with Crippen LogP contribution < -0.4 is 0 Å². The minimum absolute atomic E-state index is 0.526. The van der Waals surface area contributed by atoms with Crippen LogP contribution in [0.4, 0.5) is 0 Å². The molecule has 0 bridgehead atoms. The molecule has 1 heterocycles. The van der Waals surface area contributed by atoms with E-state index in [9.17, 15) is 0 Å². The van der Waals surface area contributed by atoms with Crippen LogP contribution in [0.25, 0.3) is 0 Å². The predicted molar refractivity (Wildman–Crippen MR) is 81.1 cm³/mol. The molecule has 0 unspecified atom stereocenters. The Kier molecular flexibility index (Phi) is 5.55. The third kappa shape index (κ3) is 4.31. The first-order valence-corrected chi connectivity index (χ1v) is 7.78. The molecule has 0 atom stereocenters. The molecule has 2 rings (SSSR count). The molecular weight excluding hydrogens is 246 g/mol. The number of aromatic nitrogens is 1. The fraction of sp³-hybridized carbons (Fsp3) is 0.647. The minimum Gasteiger partial charge on any atom is -0.296 e. The van der Waals surface area contributed by atoms with Crippen molar-refractivity contribution in [3.8, 4) is 6.07 Å². The zero-order valence-corrected chi connectivity index (χ0v) is 12.7. The van der Waals surface area contributed by atoms with Crippen molar-refractivity contribution in [3.63, 3.8) is 0 Å². The monoisotopic (exact) mass is 271 g/mol. The van der Waals surface area contributed by atoms with Gasteiger partial charge < -0.3 is 0 Å². The highest BCUT2D eigenvalue weighted by Gasteiger charge is 2.22. The molecule has 1 aliphatic rings. The first-order valence-electron chi connectivity index (χ1n) is 7.78. The van der Waals surface area contributed by atoms with Crippen LogP contribution in [0.15, 0.2) is 18.3 Å². The Morgan fingerprint density at radius 2 is 2.15 bits per heavy atom. The molecule has 1 aromatic rings. The molecule has 1 aromatic heterocycles. The summed E-state index contributed by atoms with van der Waals surface area (Å²) in [7, 11) is 0. The van der Waals surface area contributed by atoms with Crippen LogP contribution in [0.3, 0.4) is 0 Å². The lowest BCUT2D eigenvalue weighted by molar-refractivity contribution is 0.179. The summed E-state index contributed by atoms with van der Waals surface area (Å²) in [4.78, 5) is 6.67. The molecule has 0 amide bonds. The van der Waals surface area contributed by atoms with Gasteiger partial charge >= 0.3 is 0 Å². The van der Waals surface area contributed by atoms with Crippen molar-refractivity contribution >= 4 is 0 Å². The first kappa shape index (κ1) is 15.0. The lowest BCUT2D eigenvalue weighted by atomic mass is 10.1. The summed E-state index contributed by atoms with van der Waals surface area (Å²) in [6, 6.07) is 6.83. The maximum Gasteiger partial charge on any atom is 0.140 e. The van der Waals surface area contributed by atoms with Gasteiger partial charge in [-0.2, -0.15) is 5.26 Å². The SMILES string of the molecule is CC(C)CCN(Cc1ccnc(C#N)c1)C1CCCC1. The Hall–Kier alpha value is -1.40. The molecule has 1 fully saturated rings. The van der Waals surface area contributed by atoms with Crippen LogP contribution in [0.2, 0.25) is 0 Å². The second-order valence-corrected chi connectivity index (χ2v) is 6.25. The normalized spacial score (nSPS) is 15.9. The molecule has 0 radical (unpaired) electrons. The van der Waals surface area contributed by atoms with E-state index in [1.165, 1.54) is 37.7 Å². The van der Waals surface area contributed by atoms with Gasteiger partial charge in [-0.3, -0.25) is 4.90 Å². The predicted octanol–water partition coefficient (Wildman–Crippen LogP) is 3.74. The zero-order valence-electron chi connectivity index (χ0n) is 12.7. The van der Waals surface area contributed by atoms with Gasteiger partial charge in [0.05, 0.1) is 0 Å². The molecule has 3 heteroatoms. The Bertz CT molecular complexity index is 456. The summed E-state index contributed by atoms with van der Waals surface area (Å²) in [6.45, 7) is 6.68. The zero-order chi connectivity index (χ0) is 14.4. The number of nitriles is 1. The van der Waals surface area contributed by atoms with Crippen molar-refractivity contribution in [2.24, 2.45) is 5.92 Å².